The number of benzene rings is 2. The third-order valence-corrected chi connectivity index (χ3v) is 3.76. The maximum absolute atomic E-state index is 13.0. The van der Waals surface area contributed by atoms with Crippen LogP contribution in [0.25, 0.3) is 0 Å². The standard InChI is InChI=1S/C18H13F3N2O2/c1-11-7-8-12(9-14(11)18(19,20)21)22-15-10-16(24)23(17(15)25)13-5-3-2-4-6-13/h2-10,22H,1H3. The molecular formula is C18H13F3N2O2. The monoisotopic (exact) mass is 346 g/mol. The number of alkyl halides is 3. The van der Waals surface area contributed by atoms with E-state index in [9.17, 15) is 22.8 Å². The van der Waals surface area contributed by atoms with Crippen LogP contribution in [0, 0.1) is 6.92 Å². The fourth-order valence-electron chi connectivity index (χ4n) is 2.54. The summed E-state index contributed by atoms with van der Waals surface area (Å²) in [4.78, 5) is 25.5. The average Bonchev–Trinajstić information content (AvgIpc) is 2.83. The van der Waals surface area contributed by atoms with Crippen molar-refractivity contribution in [1.29, 1.82) is 0 Å². The summed E-state index contributed by atoms with van der Waals surface area (Å²) in [6.45, 7) is 1.35. The van der Waals surface area contributed by atoms with Gasteiger partial charge < -0.3 is 5.32 Å². The van der Waals surface area contributed by atoms with Crippen molar-refractivity contribution in [3.63, 3.8) is 0 Å². The Morgan fingerprint density at radius 2 is 1.68 bits per heavy atom. The second kappa shape index (κ2) is 6.08. The van der Waals surface area contributed by atoms with Gasteiger partial charge in [0.2, 0.25) is 0 Å². The van der Waals surface area contributed by atoms with E-state index in [4.69, 9.17) is 0 Å². The number of nitrogens with zero attached hydrogens (tertiary/aromatic N) is 1. The van der Waals surface area contributed by atoms with Crippen molar-refractivity contribution in [2.45, 2.75) is 13.1 Å². The first-order valence-electron chi connectivity index (χ1n) is 7.37. The molecule has 0 aliphatic carbocycles. The van der Waals surface area contributed by atoms with Gasteiger partial charge in [-0.1, -0.05) is 24.3 Å². The number of hydrogen-bond acceptors (Lipinski definition) is 3. The first-order chi connectivity index (χ1) is 11.8. The summed E-state index contributed by atoms with van der Waals surface area (Å²) >= 11 is 0. The molecule has 3 rings (SSSR count). The van der Waals surface area contributed by atoms with E-state index in [0.29, 0.717) is 5.69 Å². The van der Waals surface area contributed by atoms with Crippen LogP contribution in [0.3, 0.4) is 0 Å². The number of amides is 2. The highest BCUT2D eigenvalue weighted by Gasteiger charge is 2.34. The van der Waals surface area contributed by atoms with Crippen LogP contribution in [0.5, 0.6) is 0 Å². The minimum absolute atomic E-state index is 0.0757. The lowest BCUT2D eigenvalue weighted by Crippen LogP contribution is -2.31. The number of carbonyl (C=O) groups is 2. The highest BCUT2D eigenvalue weighted by molar-refractivity contribution is 6.31. The van der Waals surface area contributed by atoms with E-state index < -0.39 is 23.6 Å². The number of hydrogen-bond donors (Lipinski definition) is 1. The van der Waals surface area contributed by atoms with Gasteiger partial charge in [0, 0.05) is 11.8 Å². The molecule has 0 aromatic heterocycles. The summed E-state index contributed by atoms with van der Waals surface area (Å²) < 4.78 is 39.0. The minimum Gasteiger partial charge on any atom is -0.351 e. The van der Waals surface area contributed by atoms with Crippen LogP contribution in [0.15, 0.2) is 60.3 Å². The third kappa shape index (κ3) is 3.26. The van der Waals surface area contributed by atoms with Crippen LogP contribution in [0.2, 0.25) is 0 Å². The first kappa shape index (κ1) is 16.8. The molecule has 128 valence electrons. The molecule has 7 heteroatoms. The molecule has 4 nitrogen and oxygen atoms in total. The number of rotatable bonds is 3. The highest BCUT2D eigenvalue weighted by atomic mass is 19.4. The van der Waals surface area contributed by atoms with Gasteiger partial charge in [0.15, 0.2) is 0 Å². The van der Waals surface area contributed by atoms with Crippen LogP contribution < -0.4 is 10.2 Å². The Morgan fingerprint density at radius 3 is 2.32 bits per heavy atom. The molecule has 2 aromatic rings. The van der Waals surface area contributed by atoms with Crippen molar-refractivity contribution in [2.24, 2.45) is 0 Å². The van der Waals surface area contributed by atoms with E-state index in [2.05, 4.69) is 5.32 Å². The largest absolute Gasteiger partial charge is 0.416 e. The summed E-state index contributed by atoms with van der Waals surface area (Å²) in [6.07, 6.45) is -3.43. The quantitative estimate of drug-likeness (QED) is 0.858. The van der Waals surface area contributed by atoms with Crippen molar-refractivity contribution in [3.8, 4) is 0 Å². The summed E-state index contributed by atoms with van der Waals surface area (Å²) in [5.41, 5.74) is -0.321. The molecular weight excluding hydrogens is 333 g/mol. The number of nitrogens with one attached hydrogen (secondary N) is 1. The number of aryl methyl sites for hydroxylation is 1. The Balaban J connectivity index is 1.86. The SMILES string of the molecule is Cc1ccc(NC2=CC(=O)N(c3ccccc3)C2=O)cc1C(F)(F)F. The smallest absolute Gasteiger partial charge is 0.351 e. The molecule has 2 amide bonds. The van der Waals surface area contributed by atoms with Gasteiger partial charge in [-0.3, -0.25) is 9.59 Å². The molecule has 0 unspecified atom stereocenters. The maximum Gasteiger partial charge on any atom is 0.416 e. The van der Waals surface area contributed by atoms with Gasteiger partial charge in [-0.25, -0.2) is 4.90 Å². The van der Waals surface area contributed by atoms with Gasteiger partial charge >= 0.3 is 6.18 Å². The average molecular weight is 346 g/mol. The van der Waals surface area contributed by atoms with Crippen molar-refractivity contribution in [3.05, 3.63) is 71.4 Å². The molecule has 1 aliphatic rings. The van der Waals surface area contributed by atoms with E-state index in [1.54, 1.807) is 30.3 Å². The number of para-hydroxylation sites is 1. The number of anilines is 2. The third-order valence-electron chi connectivity index (χ3n) is 3.76. The van der Waals surface area contributed by atoms with Crippen LogP contribution in [0.1, 0.15) is 11.1 Å². The summed E-state index contributed by atoms with van der Waals surface area (Å²) in [7, 11) is 0. The number of carbonyl (C=O) groups excluding carboxylic acids is 2. The normalized spacial score (nSPS) is 14.7. The zero-order chi connectivity index (χ0) is 18.2. The molecule has 0 spiro atoms. The molecule has 1 heterocycles. The van der Waals surface area contributed by atoms with Gasteiger partial charge in [-0.2, -0.15) is 13.2 Å². The van der Waals surface area contributed by atoms with Crippen molar-refractivity contribution in [2.75, 3.05) is 10.2 Å². The van der Waals surface area contributed by atoms with Gasteiger partial charge in [-0.15, -0.1) is 0 Å². The Hall–Kier alpha value is -3.09. The molecule has 25 heavy (non-hydrogen) atoms. The Kier molecular flexibility index (Phi) is 4.08. The van der Waals surface area contributed by atoms with Crippen molar-refractivity contribution < 1.29 is 22.8 Å². The summed E-state index contributed by atoms with van der Waals surface area (Å²) in [6, 6.07) is 11.9. The lowest BCUT2D eigenvalue weighted by Gasteiger charge is -2.16. The Morgan fingerprint density at radius 1 is 1.00 bits per heavy atom. The zero-order valence-electron chi connectivity index (χ0n) is 13.1. The van der Waals surface area contributed by atoms with Crippen molar-refractivity contribution in [1.82, 2.24) is 0 Å². The molecule has 0 saturated heterocycles. The second-order valence-corrected chi connectivity index (χ2v) is 5.52. The van der Waals surface area contributed by atoms with E-state index in [-0.39, 0.29) is 16.9 Å². The first-order valence-corrected chi connectivity index (χ1v) is 7.37. The lowest BCUT2D eigenvalue weighted by molar-refractivity contribution is -0.138. The molecule has 2 aromatic carbocycles. The van der Waals surface area contributed by atoms with Crippen LogP contribution in [-0.2, 0) is 15.8 Å². The highest BCUT2D eigenvalue weighted by Crippen LogP contribution is 2.34. The van der Waals surface area contributed by atoms with Gasteiger partial charge in [0.25, 0.3) is 11.8 Å². The van der Waals surface area contributed by atoms with Gasteiger partial charge in [-0.05, 0) is 36.8 Å². The number of imide groups is 1. The Bertz CT molecular complexity index is 874. The number of halogens is 3. The zero-order valence-corrected chi connectivity index (χ0v) is 13.1. The summed E-state index contributed by atoms with van der Waals surface area (Å²) in [5, 5.41) is 2.61. The van der Waals surface area contributed by atoms with Gasteiger partial charge in [0.05, 0.1) is 11.3 Å². The maximum atomic E-state index is 13.0. The van der Waals surface area contributed by atoms with E-state index >= 15 is 0 Å². The molecule has 0 atom stereocenters. The van der Waals surface area contributed by atoms with E-state index in [1.807, 2.05) is 0 Å². The van der Waals surface area contributed by atoms with Crippen LogP contribution >= 0.6 is 0 Å². The van der Waals surface area contributed by atoms with Crippen LogP contribution in [0.4, 0.5) is 24.5 Å². The molecule has 0 radical (unpaired) electrons. The topological polar surface area (TPSA) is 49.4 Å². The van der Waals surface area contributed by atoms with E-state index in [1.165, 1.54) is 19.1 Å². The van der Waals surface area contributed by atoms with Crippen LogP contribution in [-0.4, -0.2) is 11.8 Å². The molecule has 0 saturated carbocycles. The summed E-state index contributed by atoms with van der Waals surface area (Å²) in [5.74, 6) is -1.17. The molecule has 0 bridgehead atoms. The molecule has 1 aliphatic heterocycles. The Labute approximate surface area is 141 Å². The second-order valence-electron chi connectivity index (χ2n) is 5.52. The minimum atomic E-state index is -4.50. The van der Waals surface area contributed by atoms with Crippen molar-refractivity contribution >= 4 is 23.2 Å². The molecule has 1 N–H and O–H groups in total. The molecule has 0 fully saturated rings. The predicted octanol–water partition coefficient (Wildman–Crippen LogP) is 3.88. The fraction of sp³-hybridized carbons (Fsp3) is 0.111. The fourth-order valence-corrected chi connectivity index (χ4v) is 2.54. The van der Waals surface area contributed by atoms with Gasteiger partial charge in [0.1, 0.15) is 5.70 Å². The van der Waals surface area contributed by atoms with E-state index in [0.717, 1.165) is 17.0 Å². The lowest BCUT2D eigenvalue weighted by atomic mass is 10.1. The predicted molar refractivity (Wildman–Crippen MR) is 86.8 cm³/mol.